The molecule has 2 aromatic carbocycles. The van der Waals surface area contributed by atoms with Crippen molar-refractivity contribution in [3.8, 4) is 11.4 Å². The van der Waals surface area contributed by atoms with E-state index >= 15 is 0 Å². The minimum atomic E-state index is -4.10. The van der Waals surface area contributed by atoms with Crippen LogP contribution in [0.15, 0.2) is 67.0 Å². The number of aromatic nitrogens is 2. The smallest absolute Gasteiger partial charge is 0.268 e. The van der Waals surface area contributed by atoms with Crippen molar-refractivity contribution in [1.29, 1.82) is 0 Å². The van der Waals surface area contributed by atoms with Crippen LogP contribution in [0.3, 0.4) is 0 Å². The number of halogens is 1. The van der Waals surface area contributed by atoms with Crippen LogP contribution in [0.4, 0.5) is 4.39 Å². The van der Waals surface area contributed by atoms with Gasteiger partial charge in [-0.2, -0.15) is 13.1 Å². The lowest BCUT2D eigenvalue weighted by Crippen LogP contribution is -2.45. The van der Waals surface area contributed by atoms with E-state index in [1.807, 2.05) is 13.8 Å². The Morgan fingerprint density at radius 3 is 2.35 bits per heavy atom. The molecule has 0 fully saturated rings. The van der Waals surface area contributed by atoms with Gasteiger partial charge < -0.3 is 0 Å². The molecule has 0 unspecified atom stereocenters. The summed E-state index contributed by atoms with van der Waals surface area (Å²) >= 11 is 0. The lowest BCUT2D eigenvalue weighted by molar-refractivity contribution is 0.0852. The first-order valence-corrected chi connectivity index (χ1v) is 11.1. The Bertz CT molecular complexity index is 1140. The topological polar surface area (TPSA) is 92.3 Å². The number of carbonyl (C=O) groups is 1. The van der Waals surface area contributed by atoms with Crippen LogP contribution < -0.4 is 4.72 Å². The van der Waals surface area contributed by atoms with Crippen molar-refractivity contribution in [2.24, 2.45) is 5.92 Å². The highest BCUT2D eigenvalue weighted by atomic mass is 32.2. The zero-order valence-electron chi connectivity index (χ0n) is 17.2. The Kier molecular flexibility index (Phi) is 7.09. The van der Waals surface area contributed by atoms with Gasteiger partial charge in [-0.1, -0.05) is 56.3 Å². The number of nitrogens with one attached hydrogen (secondary N) is 1. The maximum absolute atomic E-state index is 13.4. The minimum absolute atomic E-state index is 0.00556. The molecule has 1 amide bonds. The Morgan fingerprint density at radius 2 is 1.74 bits per heavy atom. The Labute approximate surface area is 181 Å². The summed E-state index contributed by atoms with van der Waals surface area (Å²) in [6.45, 7) is 3.78. The average molecular weight is 443 g/mol. The van der Waals surface area contributed by atoms with Crippen LogP contribution in [0.2, 0.25) is 0 Å². The van der Waals surface area contributed by atoms with Gasteiger partial charge in [-0.05, 0) is 23.6 Å². The van der Waals surface area contributed by atoms with Gasteiger partial charge in [0.25, 0.3) is 5.91 Å². The number of nitrogens with zero attached hydrogens (tertiary/aromatic N) is 3. The summed E-state index contributed by atoms with van der Waals surface area (Å²) in [7, 11) is -4.10. The molecule has 1 N–H and O–H groups in total. The van der Waals surface area contributed by atoms with Gasteiger partial charge in [0.15, 0.2) is 5.82 Å². The SMILES string of the molecule is CC(C)CNS(=O)(=O)N(Cc1ccccc1)C(=O)c1cnc(-c2cccc(F)c2)nc1. The molecule has 0 spiro atoms. The summed E-state index contributed by atoms with van der Waals surface area (Å²) in [6.07, 6.45) is 2.48. The van der Waals surface area contributed by atoms with E-state index in [2.05, 4.69) is 14.7 Å². The second-order valence-corrected chi connectivity index (χ2v) is 9.03. The van der Waals surface area contributed by atoms with Crippen LogP contribution >= 0.6 is 0 Å². The first-order chi connectivity index (χ1) is 14.8. The number of benzene rings is 2. The molecule has 1 heterocycles. The molecule has 0 aliphatic rings. The van der Waals surface area contributed by atoms with Crippen molar-refractivity contribution < 1.29 is 17.6 Å². The molecule has 162 valence electrons. The van der Waals surface area contributed by atoms with Crippen molar-refractivity contribution in [2.45, 2.75) is 20.4 Å². The van der Waals surface area contributed by atoms with E-state index < -0.39 is 21.9 Å². The van der Waals surface area contributed by atoms with Crippen molar-refractivity contribution >= 4 is 16.1 Å². The summed E-state index contributed by atoms with van der Waals surface area (Å²) in [4.78, 5) is 21.3. The molecule has 0 saturated heterocycles. The van der Waals surface area contributed by atoms with E-state index in [1.54, 1.807) is 36.4 Å². The third-order valence-corrected chi connectivity index (χ3v) is 5.75. The van der Waals surface area contributed by atoms with Crippen molar-refractivity contribution in [1.82, 2.24) is 19.0 Å². The molecule has 3 rings (SSSR count). The molecule has 0 radical (unpaired) electrons. The molecule has 1 aromatic heterocycles. The number of amides is 1. The summed E-state index contributed by atoms with van der Waals surface area (Å²) in [5.41, 5.74) is 1.11. The van der Waals surface area contributed by atoms with Gasteiger partial charge in [0.05, 0.1) is 12.1 Å². The van der Waals surface area contributed by atoms with Gasteiger partial charge in [-0.25, -0.2) is 18.7 Å². The molecule has 31 heavy (non-hydrogen) atoms. The van der Waals surface area contributed by atoms with Crippen molar-refractivity contribution in [3.05, 3.63) is 83.9 Å². The average Bonchev–Trinajstić information content (AvgIpc) is 2.76. The molecular weight excluding hydrogens is 419 g/mol. The molecule has 0 aliphatic heterocycles. The van der Waals surface area contributed by atoms with E-state index in [9.17, 15) is 17.6 Å². The molecule has 0 bridgehead atoms. The highest BCUT2D eigenvalue weighted by molar-refractivity contribution is 7.87. The van der Waals surface area contributed by atoms with E-state index in [4.69, 9.17) is 0 Å². The number of carbonyl (C=O) groups excluding carboxylic acids is 1. The van der Waals surface area contributed by atoms with E-state index in [0.29, 0.717) is 11.1 Å². The fourth-order valence-electron chi connectivity index (χ4n) is 2.72. The van der Waals surface area contributed by atoms with Gasteiger partial charge >= 0.3 is 10.2 Å². The zero-order chi connectivity index (χ0) is 22.4. The monoisotopic (exact) mass is 442 g/mol. The van der Waals surface area contributed by atoms with Gasteiger partial charge in [-0.15, -0.1) is 0 Å². The van der Waals surface area contributed by atoms with Crippen LogP contribution in [-0.2, 0) is 16.8 Å². The molecule has 7 nitrogen and oxygen atoms in total. The third-order valence-electron chi connectivity index (χ3n) is 4.34. The largest absolute Gasteiger partial charge is 0.304 e. The van der Waals surface area contributed by atoms with Gasteiger partial charge in [0.2, 0.25) is 0 Å². The molecule has 0 saturated carbocycles. The molecule has 0 aliphatic carbocycles. The predicted octanol–water partition coefficient (Wildman–Crippen LogP) is 3.42. The standard InChI is InChI=1S/C22H23FN4O3S/c1-16(2)12-26-31(29,30)27(15-17-7-4-3-5-8-17)22(28)19-13-24-21(25-14-19)18-9-6-10-20(23)11-18/h3-11,13-14,16,26H,12,15H2,1-2H3. The summed E-state index contributed by atoms with van der Waals surface area (Å²) in [5, 5.41) is 0. The quantitative estimate of drug-likeness (QED) is 0.577. The van der Waals surface area contributed by atoms with Crippen LogP contribution in [0.5, 0.6) is 0 Å². The minimum Gasteiger partial charge on any atom is -0.268 e. The third kappa shape index (κ3) is 5.93. The molecule has 0 atom stereocenters. The van der Waals surface area contributed by atoms with Crippen molar-refractivity contribution in [3.63, 3.8) is 0 Å². The second kappa shape index (κ2) is 9.76. The lowest BCUT2D eigenvalue weighted by Gasteiger charge is -2.23. The van der Waals surface area contributed by atoms with E-state index in [-0.39, 0.29) is 30.4 Å². The van der Waals surface area contributed by atoms with Crippen LogP contribution in [0.25, 0.3) is 11.4 Å². The fourth-order valence-corrected chi connectivity index (χ4v) is 4.07. The Morgan fingerprint density at radius 1 is 1.06 bits per heavy atom. The van der Waals surface area contributed by atoms with Gasteiger partial charge in [-0.3, -0.25) is 4.79 Å². The Balaban J connectivity index is 1.90. The Hall–Kier alpha value is -3.17. The highest BCUT2D eigenvalue weighted by Gasteiger charge is 2.29. The molecule has 9 heteroatoms. The lowest BCUT2D eigenvalue weighted by atomic mass is 10.2. The fraction of sp³-hybridized carbons (Fsp3) is 0.227. The van der Waals surface area contributed by atoms with Crippen molar-refractivity contribution in [2.75, 3.05) is 6.54 Å². The first kappa shape index (κ1) is 22.5. The second-order valence-electron chi connectivity index (χ2n) is 7.35. The first-order valence-electron chi connectivity index (χ1n) is 9.70. The maximum atomic E-state index is 13.4. The summed E-state index contributed by atoms with van der Waals surface area (Å²) < 4.78 is 42.5. The molecular formula is C22H23FN4O3S. The summed E-state index contributed by atoms with van der Waals surface area (Å²) in [6, 6.07) is 14.6. The highest BCUT2D eigenvalue weighted by Crippen LogP contribution is 2.17. The van der Waals surface area contributed by atoms with Crippen LogP contribution in [0, 0.1) is 11.7 Å². The molecule has 3 aromatic rings. The van der Waals surface area contributed by atoms with Crippen LogP contribution in [0.1, 0.15) is 29.8 Å². The zero-order valence-corrected chi connectivity index (χ0v) is 18.0. The van der Waals surface area contributed by atoms with E-state index in [0.717, 1.165) is 4.31 Å². The normalized spacial score (nSPS) is 11.5. The number of rotatable bonds is 8. The number of hydrogen-bond acceptors (Lipinski definition) is 5. The van der Waals surface area contributed by atoms with E-state index in [1.165, 1.54) is 30.6 Å². The van der Waals surface area contributed by atoms with Gasteiger partial charge in [0, 0.05) is 24.5 Å². The van der Waals surface area contributed by atoms with Gasteiger partial charge in [0.1, 0.15) is 5.82 Å². The predicted molar refractivity (Wildman–Crippen MR) is 116 cm³/mol. The summed E-state index contributed by atoms with van der Waals surface area (Å²) in [5.74, 6) is -0.896. The maximum Gasteiger partial charge on any atom is 0.304 e. The van der Waals surface area contributed by atoms with Crippen LogP contribution in [-0.4, -0.2) is 35.1 Å². The number of hydrogen-bond donors (Lipinski definition) is 1.